The molecular weight excluding hydrogens is 301 g/mol. The van der Waals surface area contributed by atoms with Crippen molar-refractivity contribution in [1.82, 2.24) is 4.98 Å². The molecule has 0 spiro atoms. The first kappa shape index (κ1) is 14.8. The van der Waals surface area contributed by atoms with Crippen molar-refractivity contribution in [3.05, 3.63) is 49.4 Å². The molecule has 1 unspecified atom stereocenters. The molecule has 1 aromatic heterocycles. The molecule has 0 amide bonds. The molecule has 0 fully saturated rings. The summed E-state index contributed by atoms with van der Waals surface area (Å²) in [4.78, 5) is 5.62. The number of aliphatic hydroxyl groups excluding tert-OH is 1. The first-order chi connectivity index (χ1) is 8.97. The van der Waals surface area contributed by atoms with Crippen LogP contribution in [-0.2, 0) is 12.8 Å². The summed E-state index contributed by atoms with van der Waals surface area (Å²) < 4.78 is 0. The van der Waals surface area contributed by atoms with E-state index in [2.05, 4.69) is 4.98 Å². The van der Waals surface area contributed by atoms with Crippen molar-refractivity contribution < 1.29 is 5.11 Å². The molecule has 0 radical (unpaired) electrons. The standard InChI is InChI=1S/C14H15Cl2NOS/c1-8-9(2)19-14(17-8)7-10(18)6-11-12(15)4-3-5-13(11)16/h3-5,10,18H,6-7H2,1-2H3. The SMILES string of the molecule is Cc1nc(CC(O)Cc2c(Cl)cccc2Cl)sc1C. The summed E-state index contributed by atoms with van der Waals surface area (Å²) in [5.74, 6) is 0. The molecule has 2 rings (SSSR count). The normalized spacial score (nSPS) is 12.7. The number of thiazole rings is 1. The van der Waals surface area contributed by atoms with Crippen LogP contribution in [0.3, 0.4) is 0 Å². The van der Waals surface area contributed by atoms with E-state index >= 15 is 0 Å². The van der Waals surface area contributed by atoms with E-state index < -0.39 is 6.10 Å². The smallest absolute Gasteiger partial charge is 0.0956 e. The Morgan fingerprint density at radius 2 is 1.84 bits per heavy atom. The summed E-state index contributed by atoms with van der Waals surface area (Å²) >= 11 is 13.8. The fourth-order valence-corrected chi connectivity index (χ4v) is 3.42. The number of halogens is 2. The van der Waals surface area contributed by atoms with E-state index in [1.54, 1.807) is 29.5 Å². The maximum atomic E-state index is 10.2. The lowest BCUT2D eigenvalue weighted by Crippen LogP contribution is -2.14. The second kappa shape index (κ2) is 6.23. The monoisotopic (exact) mass is 315 g/mol. The topological polar surface area (TPSA) is 33.1 Å². The van der Waals surface area contributed by atoms with Crippen LogP contribution in [-0.4, -0.2) is 16.2 Å². The van der Waals surface area contributed by atoms with E-state index in [1.165, 1.54) is 4.88 Å². The maximum absolute atomic E-state index is 10.2. The highest BCUT2D eigenvalue weighted by Gasteiger charge is 2.14. The van der Waals surface area contributed by atoms with Crippen LogP contribution in [0.4, 0.5) is 0 Å². The Balaban J connectivity index is 2.07. The maximum Gasteiger partial charge on any atom is 0.0956 e. The van der Waals surface area contributed by atoms with Crippen molar-refractivity contribution >= 4 is 34.5 Å². The van der Waals surface area contributed by atoms with Crippen molar-refractivity contribution in [2.24, 2.45) is 0 Å². The minimum Gasteiger partial charge on any atom is -0.392 e. The minimum absolute atomic E-state index is 0.441. The molecule has 0 aliphatic heterocycles. The summed E-state index contributed by atoms with van der Waals surface area (Å²) in [7, 11) is 0. The fourth-order valence-electron chi connectivity index (χ4n) is 1.86. The Morgan fingerprint density at radius 3 is 2.37 bits per heavy atom. The van der Waals surface area contributed by atoms with Crippen molar-refractivity contribution in [3.8, 4) is 0 Å². The third-order valence-corrected chi connectivity index (χ3v) is 4.79. The third-order valence-electron chi connectivity index (χ3n) is 2.98. The van der Waals surface area contributed by atoms with Crippen LogP contribution in [0.1, 0.15) is 21.1 Å². The third kappa shape index (κ3) is 3.69. The van der Waals surface area contributed by atoms with E-state index in [9.17, 15) is 5.11 Å². The number of aromatic nitrogens is 1. The van der Waals surface area contributed by atoms with Crippen LogP contribution < -0.4 is 0 Å². The van der Waals surface area contributed by atoms with Crippen LogP contribution in [0.2, 0.25) is 10.0 Å². The lowest BCUT2D eigenvalue weighted by Gasteiger charge is -2.11. The first-order valence-electron chi connectivity index (χ1n) is 6.01. The van der Waals surface area contributed by atoms with Gasteiger partial charge in [0.2, 0.25) is 0 Å². The van der Waals surface area contributed by atoms with Crippen LogP contribution in [0, 0.1) is 13.8 Å². The van der Waals surface area contributed by atoms with Crippen molar-refractivity contribution in [3.63, 3.8) is 0 Å². The summed E-state index contributed by atoms with van der Waals surface area (Å²) in [6, 6.07) is 5.37. The zero-order valence-electron chi connectivity index (χ0n) is 10.8. The molecule has 5 heteroatoms. The average molecular weight is 316 g/mol. The van der Waals surface area contributed by atoms with Gasteiger partial charge in [-0.1, -0.05) is 29.3 Å². The zero-order chi connectivity index (χ0) is 14.0. The highest BCUT2D eigenvalue weighted by molar-refractivity contribution is 7.11. The molecule has 2 nitrogen and oxygen atoms in total. The van der Waals surface area contributed by atoms with Gasteiger partial charge >= 0.3 is 0 Å². The first-order valence-corrected chi connectivity index (χ1v) is 7.58. The van der Waals surface area contributed by atoms with Gasteiger partial charge in [0.15, 0.2) is 0 Å². The van der Waals surface area contributed by atoms with E-state index in [0.29, 0.717) is 22.9 Å². The van der Waals surface area contributed by atoms with Gasteiger partial charge < -0.3 is 5.11 Å². The molecule has 102 valence electrons. The molecule has 0 saturated carbocycles. The fraction of sp³-hybridized carbons (Fsp3) is 0.357. The van der Waals surface area contributed by atoms with Crippen LogP contribution >= 0.6 is 34.5 Å². The van der Waals surface area contributed by atoms with Gasteiger partial charge in [-0.25, -0.2) is 4.98 Å². The van der Waals surface area contributed by atoms with Gasteiger partial charge in [-0.3, -0.25) is 0 Å². The molecule has 19 heavy (non-hydrogen) atoms. The molecule has 1 N–H and O–H groups in total. The van der Waals surface area contributed by atoms with Gasteiger partial charge in [0.1, 0.15) is 0 Å². The number of aryl methyl sites for hydroxylation is 2. The van der Waals surface area contributed by atoms with Crippen molar-refractivity contribution in [2.75, 3.05) is 0 Å². The van der Waals surface area contributed by atoms with Crippen molar-refractivity contribution in [1.29, 1.82) is 0 Å². The van der Waals surface area contributed by atoms with Gasteiger partial charge in [-0.05, 0) is 31.5 Å². The lowest BCUT2D eigenvalue weighted by atomic mass is 10.1. The highest BCUT2D eigenvalue weighted by Crippen LogP contribution is 2.26. The predicted octanol–water partition coefficient (Wildman–Crippen LogP) is 4.21. The second-order valence-electron chi connectivity index (χ2n) is 4.51. The molecule has 0 saturated heterocycles. The number of nitrogens with zero attached hydrogens (tertiary/aromatic N) is 1. The predicted molar refractivity (Wildman–Crippen MR) is 81.5 cm³/mol. The Kier molecular flexibility index (Phi) is 4.85. The molecule has 0 aliphatic carbocycles. The van der Waals surface area contributed by atoms with Crippen LogP contribution in [0.5, 0.6) is 0 Å². The van der Waals surface area contributed by atoms with Crippen molar-refractivity contribution in [2.45, 2.75) is 32.8 Å². The Labute approximate surface area is 127 Å². The van der Waals surface area contributed by atoms with Gasteiger partial charge in [0.25, 0.3) is 0 Å². The zero-order valence-corrected chi connectivity index (χ0v) is 13.1. The lowest BCUT2D eigenvalue weighted by molar-refractivity contribution is 0.175. The van der Waals surface area contributed by atoms with E-state index in [-0.39, 0.29) is 0 Å². The van der Waals surface area contributed by atoms with Gasteiger partial charge in [0.05, 0.1) is 16.8 Å². The molecule has 1 atom stereocenters. The van der Waals surface area contributed by atoms with Gasteiger partial charge in [-0.15, -0.1) is 11.3 Å². The summed E-state index contributed by atoms with van der Waals surface area (Å²) in [6.45, 7) is 4.01. The quantitative estimate of drug-likeness (QED) is 0.916. The molecule has 2 aromatic rings. The highest BCUT2D eigenvalue weighted by atomic mass is 35.5. The number of rotatable bonds is 4. The summed E-state index contributed by atoms with van der Waals surface area (Å²) in [5, 5.41) is 12.3. The number of benzene rings is 1. The summed E-state index contributed by atoms with van der Waals surface area (Å²) in [6.07, 6.45) is 0.444. The molecule has 0 aliphatic rings. The Morgan fingerprint density at radius 1 is 1.21 bits per heavy atom. The minimum atomic E-state index is -0.526. The average Bonchev–Trinajstić information content (AvgIpc) is 2.63. The van der Waals surface area contributed by atoms with Crippen LogP contribution in [0.25, 0.3) is 0 Å². The molecule has 1 heterocycles. The number of hydrogen-bond acceptors (Lipinski definition) is 3. The van der Waals surface area contributed by atoms with Gasteiger partial charge in [0, 0.05) is 27.8 Å². The summed E-state index contributed by atoms with van der Waals surface area (Å²) in [5.41, 5.74) is 1.83. The van der Waals surface area contributed by atoms with Gasteiger partial charge in [-0.2, -0.15) is 0 Å². The van der Waals surface area contributed by atoms with Crippen LogP contribution in [0.15, 0.2) is 18.2 Å². The Bertz CT molecular complexity index is 543. The Hall–Kier alpha value is -0.610. The molecular formula is C14H15Cl2NOS. The number of hydrogen-bond donors (Lipinski definition) is 1. The molecule has 1 aromatic carbocycles. The largest absolute Gasteiger partial charge is 0.392 e. The second-order valence-corrected chi connectivity index (χ2v) is 6.61. The van der Waals surface area contributed by atoms with E-state index in [0.717, 1.165) is 16.3 Å². The molecule has 0 bridgehead atoms. The number of aliphatic hydroxyl groups is 1. The van der Waals surface area contributed by atoms with E-state index in [1.807, 2.05) is 13.8 Å². The van der Waals surface area contributed by atoms with E-state index in [4.69, 9.17) is 23.2 Å².